The van der Waals surface area contributed by atoms with Crippen LogP contribution in [0.2, 0.25) is 0 Å². The van der Waals surface area contributed by atoms with Crippen LogP contribution in [0.1, 0.15) is 36.8 Å². The first kappa shape index (κ1) is 10.8. The van der Waals surface area contributed by atoms with Crippen LogP contribution in [0.5, 0.6) is 0 Å². The van der Waals surface area contributed by atoms with Gasteiger partial charge in [0, 0.05) is 0 Å². The molecule has 0 amide bonds. The maximum Gasteiger partial charge on any atom is 0.340 e. The molecule has 3 rings (SSSR count). The molecule has 1 unspecified atom stereocenters. The van der Waals surface area contributed by atoms with Crippen LogP contribution in [0.15, 0.2) is 24.3 Å². The first-order chi connectivity index (χ1) is 8.22. The van der Waals surface area contributed by atoms with Gasteiger partial charge in [0.05, 0.1) is 6.10 Å². The second kappa shape index (κ2) is 3.84. The number of carboxylic acids is 1. The number of hydrogen-bond donors (Lipinski definition) is 1. The van der Waals surface area contributed by atoms with Crippen LogP contribution < -0.4 is 0 Å². The summed E-state index contributed by atoms with van der Waals surface area (Å²) < 4.78 is 5.92. The Morgan fingerprint density at radius 2 is 2.12 bits per heavy atom. The first-order valence-electron chi connectivity index (χ1n) is 6.22. The highest BCUT2D eigenvalue weighted by Gasteiger charge is 2.48. The molecule has 1 atom stereocenters. The standard InChI is InChI=1S/C14H16O3/c15-13(16)14(17-11-5-3-6-11)9-8-10-4-1-2-7-12(10)14/h1-2,4,7,11H,3,5-6,8-9H2,(H,15,16). The fourth-order valence-electron chi connectivity index (χ4n) is 2.75. The minimum Gasteiger partial charge on any atom is -0.479 e. The Labute approximate surface area is 100 Å². The minimum atomic E-state index is -1.08. The van der Waals surface area contributed by atoms with E-state index >= 15 is 0 Å². The number of rotatable bonds is 3. The van der Waals surface area contributed by atoms with Gasteiger partial charge in [-0.05, 0) is 43.2 Å². The van der Waals surface area contributed by atoms with E-state index in [1.165, 1.54) is 0 Å². The number of fused-ring (bicyclic) bond motifs is 1. The van der Waals surface area contributed by atoms with Gasteiger partial charge in [-0.25, -0.2) is 4.79 Å². The Morgan fingerprint density at radius 3 is 2.76 bits per heavy atom. The molecule has 0 heterocycles. The molecule has 2 aliphatic carbocycles. The molecule has 1 N–H and O–H groups in total. The zero-order valence-electron chi connectivity index (χ0n) is 9.69. The molecule has 0 aromatic heterocycles. The molecular weight excluding hydrogens is 216 g/mol. The molecule has 0 saturated heterocycles. The second-order valence-corrected chi connectivity index (χ2v) is 4.96. The second-order valence-electron chi connectivity index (χ2n) is 4.96. The summed E-state index contributed by atoms with van der Waals surface area (Å²) in [5.74, 6) is -0.839. The molecule has 3 nitrogen and oxygen atoms in total. The maximum absolute atomic E-state index is 11.6. The normalized spacial score (nSPS) is 27.5. The summed E-state index contributed by atoms with van der Waals surface area (Å²) in [6, 6.07) is 7.76. The van der Waals surface area contributed by atoms with Crippen molar-refractivity contribution in [1.29, 1.82) is 0 Å². The van der Waals surface area contributed by atoms with Gasteiger partial charge in [-0.1, -0.05) is 24.3 Å². The van der Waals surface area contributed by atoms with Gasteiger partial charge in [0.2, 0.25) is 0 Å². The van der Waals surface area contributed by atoms with Crippen molar-refractivity contribution >= 4 is 5.97 Å². The molecule has 0 aliphatic heterocycles. The minimum absolute atomic E-state index is 0.136. The molecule has 1 saturated carbocycles. The molecule has 0 spiro atoms. The number of benzene rings is 1. The maximum atomic E-state index is 11.6. The molecule has 1 fully saturated rings. The molecule has 0 radical (unpaired) electrons. The SMILES string of the molecule is O=C(O)C1(OC2CCC2)CCc2ccccc21. The Morgan fingerprint density at radius 1 is 1.35 bits per heavy atom. The number of aliphatic carboxylic acids is 1. The highest BCUT2D eigenvalue weighted by molar-refractivity contribution is 5.81. The molecule has 3 heteroatoms. The summed E-state index contributed by atoms with van der Waals surface area (Å²) >= 11 is 0. The Kier molecular flexibility index (Phi) is 2.44. The largest absolute Gasteiger partial charge is 0.479 e. The summed E-state index contributed by atoms with van der Waals surface area (Å²) in [7, 11) is 0. The predicted molar refractivity (Wildman–Crippen MR) is 62.8 cm³/mol. The van der Waals surface area contributed by atoms with E-state index in [4.69, 9.17) is 4.74 Å². The van der Waals surface area contributed by atoms with E-state index in [0.717, 1.165) is 36.8 Å². The predicted octanol–water partition coefficient (Wildman–Crippen LogP) is 2.48. The summed E-state index contributed by atoms with van der Waals surface area (Å²) in [5, 5.41) is 9.55. The number of ether oxygens (including phenoxy) is 1. The molecule has 2 aliphatic rings. The zero-order valence-corrected chi connectivity index (χ0v) is 9.69. The zero-order chi connectivity index (χ0) is 11.9. The van der Waals surface area contributed by atoms with Crippen molar-refractivity contribution in [1.82, 2.24) is 0 Å². The fraction of sp³-hybridized carbons (Fsp3) is 0.500. The van der Waals surface area contributed by atoms with Crippen LogP contribution in [-0.2, 0) is 21.6 Å². The lowest BCUT2D eigenvalue weighted by Gasteiger charge is -2.35. The molecule has 17 heavy (non-hydrogen) atoms. The van der Waals surface area contributed by atoms with Crippen LogP contribution in [-0.4, -0.2) is 17.2 Å². The van der Waals surface area contributed by atoms with Gasteiger partial charge in [-0.3, -0.25) is 0 Å². The monoisotopic (exact) mass is 232 g/mol. The van der Waals surface area contributed by atoms with Crippen molar-refractivity contribution in [2.75, 3.05) is 0 Å². The topological polar surface area (TPSA) is 46.5 Å². The van der Waals surface area contributed by atoms with Crippen LogP contribution in [0.4, 0.5) is 0 Å². The smallest absolute Gasteiger partial charge is 0.340 e. The van der Waals surface area contributed by atoms with E-state index in [1.807, 2.05) is 24.3 Å². The quantitative estimate of drug-likeness (QED) is 0.870. The summed E-state index contributed by atoms with van der Waals surface area (Å²) in [6.45, 7) is 0. The van der Waals surface area contributed by atoms with Gasteiger partial charge < -0.3 is 9.84 Å². The number of hydrogen-bond acceptors (Lipinski definition) is 2. The van der Waals surface area contributed by atoms with Crippen molar-refractivity contribution in [3.8, 4) is 0 Å². The van der Waals surface area contributed by atoms with Crippen molar-refractivity contribution in [2.45, 2.75) is 43.8 Å². The number of carboxylic acid groups (broad SMARTS) is 1. The van der Waals surface area contributed by atoms with Crippen molar-refractivity contribution in [3.63, 3.8) is 0 Å². The van der Waals surface area contributed by atoms with E-state index in [-0.39, 0.29) is 6.10 Å². The lowest BCUT2D eigenvalue weighted by atomic mass is 9.91. The van der Waals surface area contributed by atoms with E-state index in [0.29, 0.717) is 6.42 Å². The van der Waals surface area contributed by atoms with Gasteiger partial charge in [0.1, 0.15) is 0 Å². The van der Waals surface area contributed by atoms with E-state index in [2.05, 4.69) is 0 Å². The first-order valence-corrected chi connectivity index (χ1v) is 6.22. The van der Waals surface area contributed by atoms with Crippen LogP contribution in [0.3, 0.4) is 0 Å². The molecular formula is C14H16O3. The van der Waals surface area contributed by atoms with Crippen molar-refractivity contribution in [2.24, 2.45) is 0 Å². The number of aryl methyl sites for hydroxylation is 1. The van der Waals surface area contributed by atoms with Crippen LogP contribution >= 0.6 is 0 Å². The fourth-order valence-corrected chi connectivity index (χ4v) is 2.75. The number of carbonyl (C=O) groups is 1. The van der Waals surface area contributed by atoms with Crippen LogP contribution in [0, 0.1) is 0 Å². The Bertz CT molecular complexity index is 451. The van der Waals surface area contributed by atoms with Gasteiger partial charge in [0.25, 0.3) is 0 Å². The molecule has 90 valence electrons. The third-order valence-corrected chi connectivity index (χ3v) is 3.96. The average molecular weight is 232 g/mol. The Hall–Kier alpha value is -1.35. The van der Waals surface area contributed by atoms with Gasteiger partial charge in [0.15, 0.2) is 5.60 Å². The van der Waals surface area contributed by atoms with Crippen LogP contribution in [0.25, 0.3) is 0 Å². The molecule has 0 bridgehead atoms. The summed E-state index contributed by atoms with van der Waals surface area (Å²) in [6.07, 6.45) is 4.65. The molecule has 1 aromatic carbocycles. The summed E-state index contributed by atoms with van der Waals surface area (Å²) in [5.41, 5.74) is 0.899. The highest BCUT2D eigenvalue weighted by atomic mass is 16.5. The molecule has 1 aromatic rings. The van der Waals surface area contributed by atoms with Gasteiger partial charge in [-0.15, -0.1) is 0 Å². The van der Waals surface area contributed by atoms with Crippen molar-refractivity contribution in [3.05, 3.63) is 35.4 Å². The van der Waals surface area contributed by atoms with Gasteiger partial charge >= 0.3 is 5.97 Å². The lowest BCUT2D eigenvalue weighted by Crippen LogP contribution is -2.42. The third-order valence-electron chi connectivity index (χ3n) is 3.96. The van der Waals surface area contributed by atoms with Gasteiger partial charge in [-0.2, -0.15) is 0 Å². The summed E-state index contributed by atoms with van der Waals surface area (Å²) in [4.78, 5) is 11.6. The highest BCUT2D eigenvalue weighted by Crippen LogP contribution is 2.43. The van der Waals surface area contributed by atoms with E-state index < -0.39 is 11.6 Å². The van der Waals surface area contributed by atoms with E-state index in [9.17, 15) is 9.90 Å². The Balaban J connectivity index is 1.98. The lowest BCUT2D eigenvalue weighted by molar-refractivity contribution is -0.183. The third kappa shape index (κ3) is 1.57. The van der Waals surface area contributed by atoms with E-state index in [1.54, 1.807) is 0 Å². The average Bonchev–Trinajstić information content (AvgIpc) is 2.64. The van der Waals surface area contributed by atoms with Crippen molar-refractivity contribution < 1.29 is 14.6 Å².